The summed E-state index contributed by atoms with van der Waals surface area (Å²) in [6, 6.07) is 73.8. The fraction of sp³-hybridized carbons (Fsp3) is 0.247. The van der Waals surface area contributed by atoms with Crippen LogP contribution in [-0.4, -0.2) is 9.55 Å². The SMILES string of the molecule is CC(C)(C)c1cc(Oc2[c-]c3c(cc2)c2cc(-c4ccccc4)ccc2n3-c2cc(C(C)(C)C)ccn2)[c-]c(N2[CH-]N(c3cc(C(C)(C)c4ccccc4)cc(C(C)(C)c4ccccc4)c3)c3cc(C(C)(C)C)ccc32)c1.[CH3-].[Pt+4]. The van der Waals surface area contributed by atoms with Crippen LogP contribution >= 0.6 is 0 Å². The molecule has 11 rings (SSSR count). The molecule has 0 spiro atoms. The number of benzene rings is 8. The monoisotopic (exact) mass is 1220 g/mol. The quantitative estimate of drug-likeness (QED) is 0.128. The normalized spacial score (nSPS) is 13.1. The number of nitrogens with zero attached hydrogens (tertiary/aromatic N) is 4. The Morgan fingerprint density at radius 2 is 1.01 bits per heavy atom. The Hall–Kier alpha value is -7.20. The van der Waals surface area contributed by atoms with Crippen LogP contribution in [0, 0.1) is 26.2 Å². The molecule has 0 amide bonds. The van der Waals surface area contributed by atoms with Crippen LogP contribution in [0.5, 0.6) is 11.5 Å². The molecular weight excluding hydrogens is 1140 g/mol. The van der Waals surface area contributed by atoms with Crippen LogP contribution in [0.2, 0.25) is 0 Å². The van der Waals surface area contributed by atoms with E-state index in [4.69, 9.17) is 9.72 Å². The summed E-state index contributed by atoms with van der Waals surface area (Å²) < 4.78 is 9.27. The minimum Gasteiger partial charge on any atom is -0.509 e. The zero-order valence-corrected chi connectivity index (χ0v) is 50.8. The molecule has 1 aliphatic rings. The van der Waals surface area contributed by atoms with Crippen molar-refractivity contribution in [3.05, 3.63) is 253 Å². The number of aromatic nitrogens is 2. The van der Waals surface area contributed by atoms with Crippen LogP contribution in [0.3, 0.4) is 0 Å². The summed E-state index contributed by atoms with van der Waals surface area (Å²) in [7, 11) is 0. The van der Waals surface area contributed by atoms with Crippen LogP contribution in [0.25, 0.3) is 38.8 Å². The van der Waals surface area contributed by atoms with Gasteiger partial charge in [0.15, 0.2) is 0 Å². The van der Waals surface area contributed by atoms with Crippen molar-refractivity contribution < 1.29 is 25.8 Å². The molecule has 10 aromatic rings. The summed E-state index contributed by atoms with van der Waals surface area (Å²) in [5.41, 5.74) is 16.1. The van der Waals surface area contributed by atoms with Crippen LogP contribution in [0.1, 0.15) is 129 Å². The summed E-state index contributed by atoms with van der Waals surface area (Å²) >= 11 is 0. The number of anilines is 4. The fourth-order valence-corrected chi connectivity index (χ4v) is 10.8. The van der Waals surface area contributed by atoms with E-state index in [2.05, 4.69) is 299 Å². The zero-order chi connectivity index (χ0) is 54.2. The van der Waals surface area contributed by atoms with Gasteiger partial charge in [-0.1, -0.05) is 211 Å². The Morgan fingerprint density at radius 3 is 1.61 bits per heavy atom. The van der Waals surface area contributed by atoms with Crippen LogP contribution < -0.4 is 14.5 Å². The molecule has 1 aliphatic heterocycles. The fourth-order valence-electron chi connectivity index (χ4n) is 10.8. The van der Waals surface area contributed by atoms with Crippen molar-refractivity contribution in [1.29, 1.82) is 0 Å². The van der Waals surface area contributed by atoms with Crippen molar-refractivity contribution in [3.63, 3.8) is 0 Å². The number of rotatable bonds is 10. The average molecular weight is 1220 g/mol. The smallest absolute Gasteiger partial charge is 0.509 e. The molecular formula is C73H74N4OPt. The van der Waals surface area contributed by atoms with E-state index in [1.165, 1.54) is 38.9 Å². The first-order valence-electron chi connectivity index (χ1n) is 27.2. The molecule has 2 aromatic heterocycles. The van der Waals surface area contributed by atoms with Gasteiger partial charge < -0.3 is 26.5 Å². The van der Waals surface area contributed by atoms with E-state index < -0.39 is 0 Å². The van der Waals surface area contributed by atoms with Crippen LogP contribution in [0.15, 0.2) is 188 Å². The second-order valence-corrected chi connectivity index (χ2v) is 25.2. The first-order valence-corrected chi connectivity index (χ1v) is 27.2. The van der Waals surface area contributed by atoms with Crippen molar-refractivity contribution in [2.45, 2.75) is 117 Å². The van der Waals surface area contributed by atoms with Gasteiger partial charge >= 0.3 is 21.1 Å². The van der Waals surface area contributed by atoms with E-state index in [0.29, 0.717) is 11.5 Å². The molecule has 79 heavy (non-hydrogen) atoms. The maximum absolute atomic E-state index is 7.04. The zero-order valence-electron chi connectivity index (χ0n) is 48.5. The molecule has 0 bridgehead atoms. The largest absolute Gasteiger partial charge is 4.00 e. The van der Waals surface area contributed by atoms with Gasteiger partial charge in [-0.3, -0.25) is 0 Å². The summed E-state index contributed by atoms with van der Waals surface area (Å²) in [4.78, 5) is 9.68. The van der Waals surface area contributed by atoms with Gasteiger partial charge in [0.2, 0.25) is 0 Å². The Morgan fingerprint density at radius 1 is 0.430 bits per heavy atom. The van der Waals surface area contributed by atoms with Crippen LogP contribution in [0.4, 0.5) is 22.7 Å². The number of hydrogen-bond donors (Lipinski definition) is 0. The molecule has 0 N–H and O–H groups in total. The van der Waals surface area contributed by atoms with Gasteiger partial charge in [-0.2, -0.15) is 6.07 Å². The molecule has 0 fully saturated rings. The van der Waals surface area contributed by atoms with Gasteiger partial charge in [-0.25, -0.2) is 4.98 Å². The van der Waals surface area contributed by atoms with Gasteiger partial charge in [0.25, 0.3) is 0 Å². The van der Waals surface area contributed by atoms with Gasteiger partial charge in [0.1, 0.15) is 5.82 Å². The Balaban J connectivity index is 0.00000378. The van der Waals surface area contributed by atoms with Crippen molar-refractivity contribution >= 4 is 44.6 Å². The second kappa shape index (κ2) is 21.1. The Labute approximate surface area is 485 Å². The molecule has 0 atom stereocenters. The molecule has 5 nitrogen and oxygen atoms in total. The third-order valence-corrected chi connectivity index (χ3v) is 16.0. The summed E-state index contributed by atoms with van der Waals surface area (Å²) in [6.07, 6.45) is 1.92. The van der Waals surface area contributed by atoms with Crippen molar-refractivity contribution in [2.75, 3.05) is 9.80 Å². The maximum Gasteiger partial charge on any atom is 4.00 e. The third-order valence-electron chi connectivity index (χ3n) is 16.0. The molecule has 0 aliphatic carbocycles. The van der Waals surface area contributed by atoms with E-state index in [-0.39, 0.29) is 55.6 Å². The average Bonchev–Trinajstić information content (AvgIpc) is 4.17. The second-order valence-electron chi connectivity index (χ2n) is 25.2. The Bertz CT molecular complexity index is 3750. The van der Waals surface area contributed by atoms with E-state index in [9.17, 15) is 0 Å². The molecule has 0 saturated carbocycles. The minimum atomic E-state index is -0.290. The van der Waals surface area contributed by atoms with Gasteiger partial charge in [0, 0.05) is 51.1 Å². The minimum absolute atomic E-state index is 0. The van der Waals surface area contributed by atoms with E-state index in [1.807, 2.05) is 12.3 Å². The summed E-state index contributed by atoms with van der Waals surface area (Å²) in [5.74, 6) is 2.05. The number of hydrogen-bond acceptors (Lipinski definition) is 4. The molecule has 402 valence electrons. The first kappa shape index (κ1) is 56.5. The van der Waals surface area contributed by atoms with Gasteiger partial charge in [0.05, 0.1) is 0 Å². The topological polar surface area (TPSA) is 33.5 Å². The standard InChI is InChI=1S/C72H71N4O.CH3.Pt/c1-68(2,3)52-30-34-64-66(43-52)75(57-40-55(71(10,11)50-25-19-15-20-26-50)38-56(41-57)72(12,13)51-27-21-16-22-28-51)47-74(64)58-39-54(70(7,8)9)42-60(45-58)77-59-31-32-61-62-37-49(48-23-17-14-18-24-48)29-33-63(62)76(65(61)46-59)67-44-53(35-36-73-67)69(4,5)6;;/h14-44,47H,1-13H3;1H3;/q-3;-1;+4. The third kappa shape index (κ3) is 10.8. The van der Waals surface area contributed by atoms with E-state index >= 15 is 0 Å². The van der Waals surface area contributed by atoms with Crippen LogP contribution in [-0.2, 0) is 48.1 Å². The van der Waals surface area contributed by atoms with E-state index in [0.717, 1.165) is 61.5 Å². The van der Waals surface area contributed by atoms with E-state index in [1.54, 1.807) is 0 Å². The molecule has 3 heterocycles. The predicted molar refractivity (Wildman–Crippen MR) is 329 cm³/mol. The molecule has 0 saturated heterocycles. The number of pyridine rings is 1. The molecule has 6 heteroatoms. The molecule has 0 radical (unpaired) electrons. The maximum atomic E-state index is 7.04. The molecule has 8 aromatic carbocycles. The predicted octanol–water partition coefficient (Wildman–Crippen LogP) is 19.6. The van der Waals surface area contributed by atoms with Crippen molar-refractivity contribution in [2.24, 2.45) is 0 Å². The van der Waals surface area contributed by atoms with Crippen molar-refractivity contribution in [1.82, 2.24) is 9.55 Å². The number of fused-ring (bicyclic) bond motifs is 4. The molecule has 0 unspecified atom stereocenters. The summed E-state index contributed by atoms with van der Waals surface area (Å²) in [6.45, 7) is 32.0. The van der Waals surface area contributed by atoms with Crippen molar-refractivity contribution in [3.8, 4) is 28.4 Å². The Kier molecular flexibility index (Phi) is 15.1. The number of ether oxygens (including phenoxy) is 1. The summed E-state index contributed by atoms with van der Waals surface area (Å²) in [5, 5.41) is 2.20. The first-order chi connectivity index (χ1) is 36.5. The van der Waals surface area contributed by atoms with Gasteiger partial charge in [-0.05, 0) is 109 Å². The van der Waals surface area contributed by atoms with Gasteiger partial charge in [-0.15, -0.1) is 53.6 Å².